The van der Waals surface area contributed by atoms with Gasteiger partial charge in [-0.2, -0.15) is 10.3 Å². The number of halogens is 1. The van der Waals surface area contributed by atoms with Crippen molar-refractivity contribution in [3.05, 3.63) is 83.2 Å². The number of aromatic nitrogens is 4. The zero-order valence-electron chi connectivity index (χ0n) is 18.5. The van der Waals surface area contributed by atoms with E-state index >= 15 is 0 Å². The van der Waals surface area contributed by atoms with Crippen molar-refractivity contribution in [1.29, 1.82) is 0 Å². The Morgan fingerprint density at radius 3 is 2.52 bits per heavy atom. The lowest BCUT2D eigenvalue weighted by Crippen LogP contribution is -2.34. The van der Waals surface area contributed by atoms with Crippen LogP contribution in [0.5, 0.6) is 0 Å². The van der Waals surface area contributed by atoms with Gasteiger partial charge in [0.25, 0.3) is 0 Å². The first-order chi connectivity index (χ1) is 16.2. The number of benzene rings is 2. The van der Waals surface area contributed by atoms with Crippen LogP contribution in [0, 0.1) is 5.82 Å². The van der Waals surface area contributed by atoms with Crippen LogP contribution < -0.4 is 11.1 Å². The average Bonchev–Trinajstić information content (AvgIpc) is 3.32. The van der Waals surface area contributed by atoms with Crippen molar-refractivity contribution in [2.45, 2.75) is 50.0 Å². The summed E-state index contributed by atoms with van der Waals surface area (Å²) in [6.45, 7) is 0.779. The number of nitrogens with one attached hydrogen (secondary N) is 2. The van der Waals surface area contributed by atoms with Gasteiger partial charge in [0, 0.05) is 12.0 Å². The van der Waals surface area contributed by atoms with Gasteiger partial charge in [0.05, 0.1) is 0 Å². The Bertz CT molecular complexity index is 1200. The minimum absolute atomic E-state index is 0.197. The highest BCUT2D eigenvalue weighted by Crippen LogP contribution is 2.35. The van der Waals surface area contributed by atoms with Crippen LogP contribution in [0.3, 0.4) is 0 Å². The fourth-order valence-corrected chi connectivity index (χ4v) is 5.17. The van der Waals surface area contributed by atoms with Crippen molar-refractivity contribution in [3.63, 3.8) is 0 Å². The fraction of sp³-hybridized carbons (Fsp3) is 0.346. The standard InChI is InChI=1S/C26H29FN6/c27-23-9-5-4-8-21(23)20(22-16-24(28)30-26-25(22)31-33-32-26)14-15-29-19-12-10-18(11-13-19)17-6-2-1-3-7-17/h1-9,16,18-20,29H,10-15H2,(H3,28,30,31,32,33). The predicted molar refractivity (Wildman–Crippen MR) is 128 cm³/mol. The fourth-order valence-electron chi connectivity index (χ4n) is 5.17. The Labute approximate surface area is 192 Å². The summed E-state index contributed by atoms with van der Waals surface area (Å²) >= 11 is 0. The van der Waals surface area contributed by atoms with Gasteiger partial charge in [0.1, 0.15) is 17.2 Å². The normalized spacial score (nSPS) is 19.5. The summed E-state index contributed by atoms with van der Waals surface area (Å²) in [5, 5.41) is 14.7. The van der Waals surface area contributed by atoms with Gasteiger partial charge >= 0.3 is 0 Å². The van der Waals surface area contributed by atoms with Gasteiger partial charge in [-0.3, -0.25) is 0 Å². The quantitative estimate of drug-likeness (QED) is 0.377. The molecule has 1 aliphatic rings. The predicted octanol–water partition coefficient (Wildman–Crippen LogP) is 4.91. The third-order valence-corrected chi connectivity index (χ3v) is 6.86. The van der Waals surface area contributed by atoms with E-state index in [-0.39, 0.29) is 11.7 Å². The highest BCUT2D eigenvalue weighted by atomic mass is 19.1. The summed E-state index contributed by atoms with van der Waals surface area (Å²) in [6, 6.07) is 20.0. The van der Waals surface area contributed by atoms with Crippen LogP contribution in [0.15, 0.2) is 60.7 Å². The van der Waals surface area contributed by atoms with Crippen LogP contribution in [0.25, 0.3) is 11.2 Å². The molecule has 2 heterocycles. The maximum Gasteiger partial charge on any atom is 0.203 e. The summed E-state index contributed by atoms with van der Waals surface area (Å²) in [7, 11) is 0. The summed E-state index contributed by atoms with van der Waals surface area (Å²) < 4.78 is 14.8. The molecule has 7 heteroatoms. The van der Waals surface area contributed by atoms with Crippen LogP contribution in [0.4, 0.5) is 10.2 Å². The van der Waals surface area contributed by atoms with Gasteiger partial charge in [0.2, 0.25) is 5.65 Å². The van der Waals surface area contributed by atoms with Gasteiger partial charge < -0.3 is 11.1 Å². The highest BCUT2D eigenvalue weighted by molar-refractivity contribution is 5.77. The van der Waals surface area contributed by atoms with Crippen LogP contribution in [0.1, 0.15) is 60.6 Å². The zero-order chi connectivity index (χ0) is 22.6. The Balaban J connectivity index is 1.29. The number of hydrogen-bond acceptors (Lipinski definition) is 5. The second kappa shape index (κ2) is 9.67. The topological polar surface area (TPSA) is 92.5 Å². The Kier molecular flexibility index (Phi) is 6.30. The molecule has 2 aromatic heterocycles. The Hall–Kier alpha value is -3.32. The molecule has 2 aromatic carbocycles. The van der Waals surface area contributed by atoms with Gasteiger partial charge in [0.15, 0.2) is 0 Å². The van der Waals surface area contributed by atoms with Gasteiger partial charge in [-0.15, -0.1) is 5.10 Å². The Morgan fingerprint density at radius 1 is 0.970 bits per heavy atom. The molecule has 1 saturated carbocycles. The van der Waals surface area contributed by atoms with Gasteiger partial charge in [-0.25, -0.2) is 9.37 Å². The van der Waals surface area contributed by atoms with E-state index < -0.39 is 0 Å². The van der Waals surface area contributed by atoms with Crippen LogP contribution >= 0.6 is 0 Å². The molecule has 4 N–H and O–H groups in total. The van der Waals surface area contributed by atoms with E-state index in [4.69, 9.17) is 5.73 Å². The van der Waals surface area contributed by atoms with Crippen LogP contribution in [-0.4, -0.2) is 33.0 Å². The summed E-state index contributed by atoms with van der Waals surface area (Å²) in [5.74, 6) is 0.589. The van der Waals surface area contributed by atoms with Gasteiger partial charge in [-0.1, -0.05) is 48.5 Å². The Morgan fingerprint density at radius 2 is 1.73 bits per heavy atom. The molecule has 1 fully saturated rings. The van der Waals surface area contributed by atoms with Crippen molar-refractivity contribution < 1.29 is 4.39 Å². The number of aromatic amines is 1. The summed E-state index contributed by atoms with van der Waals surface area (Å²) in [6.07, 6.45) is 5.42. The minimum Gasteiger partial charge on any atom is -0.384 e. The second-order valence-corrected chi connectivity index (χ2v) is 8.91. The smallest absolute Gasteiger partial charge is 0.203 e. The van der Waals surface area contributed by atoms with E-state index in [9.17, 15) is 4.39 Å². The molecule has 1 aliphatic carbocycles. The first-order valence-electron chi connectivity index (χ1n) is 11.7. The first-order valence-corrected chi connectivity index (χ1v) is 11.7. The third kappa shape index (κ3) is 4.73. The number of hydrogen-bond donors (Lipinski definition) is 3. The number of nitrogens with two attached hydrogens (primary N) is 1. The lowest BCUT2D eigenvalue weighted by molar-refractivity contribution is 0.340. The molecule has 0 amide bonds. The number of nitrogen functional groups attached to an aromatic ring is 1. The number of fused-ring (bicyclic) bond motifs is 1. The van der Waals surface area contributed by atoms with E-state index in [2.05, 4.69) is 56.0 Å². The van der Waals surface area contributed by atoms with Crippen molar-refractivity contribution in [3.8, 4) is 0 Å². The lowest BCUT2D eigenvalue weighted by Gasteiger charge is -2.30. The van der Waals surface area contributed by atoms with Crippen LogP contribution in [0.2, 0.25) is 0 Å². The number of rotatable bonds is 7. The maximum atomic E-state index is 14.8. The van der Waals surface area contributed by atoms with Gasteiger partial charge in [-0.05, 0) is 73.4 Å². The SMILES string of the molecule is Nc1cc(C(CCNC2CCC(c3ccccc3)CC2)c2ccccc2F)c2n[nH]nc2n1. The molecule has 4 aromatic rings. The van der Waals surface area contributed by atoms with E-state index in [1.165, 1.54) is 24.5 Å². The molecule has 0 spiro atoms. The van der Waals surface area contributed by atoms with Crippen LogP contribution in [-0.2, 0) is 0 Å². The first kappa shape index (κ1) is 21.5. The zero-order valence-corrected chi connectivity index (χ0v) is 18.5. The summed E-state index contributed by atoms with van der Waals surface area (Å²) in [5.41, 5.74) is 10.1. The van der Waals surface area contributed by atoms with Crippen molar-refractivity contribution >= 4 is 17.0 Å². The third-order valence-electron chi connectivity index (χ3n) is 6.86. The highest BCUT2D eigenvalue weighted by Gasteiger charge is 2.25. The van der Waals surface area contributed by atoms with E-state index in [0.29, 0.717) is 34.5 Å². The lowest BCUT2D eigenvalue weighted by atomic mass is 9.81. The van der Waals surface area contributed by atoms with E-state index in [1.807, 2.05) is 12.1 Å². The van der Waals surface area contributed by atoms with E-state index in [0.717, 1.165) is 31.4 Å². The second-order valence-electron chi connectivity index (χ2n) is 8.91. The monoisotopic (exact) mass is 444 g/mol. The largest absolute Gasteiger partial charge is 0.384 e. The molecular formula is C26H29FN6. The molecule has 1 atom stereocenters. The number of pyridine rings is 1. The molecule has 5 rings (SSSR count). The van der Waals surface area contributed by atoms with E-state index in [1.54, 1.807) is 12.1 Å². The van der Waals surface area contributed by atoms with Crippen molar-refractivity contribution in [2.24, 2.45) is 0 Å². The molecule has 1 unspecified atom stereocenters. The molecular weight excluding hydrogens is 415 g/mol. The number of H-pyrrole nitrogens is 1. The number of nitrogens with zero attached hydrogens (tertiary/aromatic N) is 3. The summed E-state index contributed by atoms with van der Waals surface area (Å²) in [4.78, 5) is 4.24. The molecule has 0 bridgehead atoms. The minimum atomic E-state index is -0.224. The average molecular weight is 445 g/mol. The molecule has 0 aliphatic heterocycles. The molecule has 170 valence electrons. The molecule has 33 heavy (non-hydrogen) atoms. The molecule has 0 radical (unpaired) electrons. The molecule has 0 saturated heterocycles. The molecule has 6 nitrogen and oxygen atoms in total. The maximum absolute atomic E-state index is 14.8. The van der Waals surface area contributed by atoms with Crippen molar-refractivity contribution in [2.75, 3.05) is 12.3 Å². The number of anilines is 1. The van der Waals surface area contributed by atoms with Crippen molar-refractivity contribution in [1.82, 2.24) is 25.7 Å².